The maximum absolute atomic E-state index is 10.8. The lowest BCUT2D eigenvalue weighted by Gasteiger charge is -1.97. The van der Waals surface area contributed by atoms with E-state index in [4.69, 9.17) is 0 Å². The van der Waals surface area contributed by atoms with Crippen molar-refractivity contribution in [3.05, 3.63) is 46.1 Å². The fraction of sp³-hybridized carbons (Fsp3) is 0.167. The molecule has 6 nitrogen and oxygen atoms in total. The number of nitrogens with zero attached hydrogens (tertiary/aromatic N) is 3. The van der Waals surface area contributed by atoms with Gasteiger partial charge in [-0.05, 0) is 13.0 Å². The summed E-state index contributed by atoms with van der Waals surface area (Å²) in [6, 6.07) is 7.80. The predicted molar refractivity (Wildman–Crippen MR) is 65.4 cm³/mol. The van der Waals surface area contributed by atoms with Crippen LogP contribution in [0.15, 0.2) is 30.3 Å². The second kappa shape index (κ2) is 4.79. The minimum atomic E-state index is -0.457. The Balaban J connectivity index is 2.48. The van der Waals surface area contributed by atoms with E-state index in [1.54, 1.807) is 22.9 Å². The molecule has 18 heavy (non-hydrogen) atoms. The summed E-state index contributed by atoms with van der Waals surface area (Å²) in [6.07, 6.45) is 0.720. The van der Waals surface area contributed by atoms with Gasteiger partial charge in [-0.2, -0.15) is 5.10 Å². The monoisotopic (exact) mass is 245 g/mol. The second-order valence-corrected chi connectivity index (χ2v) is 3.70. The van der Waals surface area contributed by atoms with Crippen LogP contribution in [0.1, 0.15) is 17.4 Å². The van der Waals surface area contributed by atoms with E-state index in [1.807, 2.05) is 6.92 Å². The van der Waals surface area contributed by atoms with E-state index in [9.17, 15) is 14.9 Å². The van der Waals surface area contributed by atoms with Gasteiger partial charge in [0.25, 0.3) is 5.69 Å². The molecular formula is C12H11N3O3. The van der Waals surface area contributed by atoms with Gasteiger partial charge in [0, 0.05) is 24.2 Å². The summed E-state index contributed by atoms with van der Waals surface area (Å²) in [5, 5.41) is 14.9. The van der Waals surface area contributed by atoms with E-state index in [0.29, 0.717) is 23.5 Å². The summed E-state index contributed by atoms with van der Waals surface area (Å²) in [5.41, 5.74) is 1.65. The standard InChI is InChI=1S/C12H11N3O3/c1-2-14-11(8-16)7-12(13-14)9-4-3-5-10(6-9)15(17)18/h3-8H,2H2,1H3. The van der Waals surface area contributed by atoms with Crippen LogP contribution in [0, 0.1) is 10.1 Å². The molecule has 92 valence electrons. The fourth-order valence-electron chi connectivity index (χ4n) is 1.70. The zero-order valence-electron chi connectivity index (χ0n) is 9.74. The zero-order chi connectivity index (χ0) is 13.1. The smallest absolute Gasteiger partial charge is 0.270 e. The Labute approximate surface area is 103 Å². The highest BCUT2D eigenvalue weighted by Crippen LogP contribution is 2.23. The van der Waals surface area contributed by atoms with Crippen molar-refractivity contribution in [2.75, 3.05) is 0 Å². The van der Waals surface area contributed by atoms with Crippen molar-refractivity contribution < 1.29 is 9.72 Å². The Bertz CT molecular complexity index is 604. The van der Waals surface area contributed by atoms with Gasteiger partial charge in [-0.25, -0.2) is 0 Å². The van der Waals surface area contributed by atoms with E-state index < -0.39 is 4.92 Å². The number of aldehydes is 1. The first-order valence-corrected chi connectivity index (χ1v) is 5.43. The van der Waals surface area contributed by atoms with Gasteiger partial charge in [-0.3, -0.25) is 19.6 Å². The lowest BCUT2D eigenvalue weighted by atomic mass is 10.1. The maximum atomic E-state index is 10.8. The van der Waals surface area contributed by atoms with Crippen molar-refractivity contribution in [2.24, 2.45) is 0 Å². The van der Waals surface area contributed by atoms with Crippen molar-refractivity contribution >= 4 is 12.0 Å². The average Bonchev–Trinajstić information content (AvgIpc) is 2.82. The van der Waals surface area contributed by atoms with Gasteiger partial charge in [0.05, 0.1) is 10.6 Å². The highest BCUT2D eigenvalue weighted by molar-refractivity contribution is 5.76. The van der Waals surface area contributed by atoms with Crippen LogP contribution < -0.4 is 0 Å². The van der Waals surface area contributed by atoms with Crippen LogP contribution in [0.5, 0.6) is 0 Å². The number of nitro benzene ring substituents is 1. The molecule has 1 heterocycles. The molecule has 0 bridgehead atoms. The van der Waals surface area contributed by atoms with Crippen LogP contribution in [0.3, 0.4) is 0 Å². The number of rotatable bonds is 4. The lowest BCUT2D eigenvalue weighted by molar-refractivity contribution is -0.384. The van der Waals surface area contributed by atoms with Crippen molar-refractivity contribution in [3.8, 4) is 11.3 Å². The second-order valence-electron chi connectivity index (χ2n) is 3.70. The molecule has 0 aliphatic heterocycles. The number of non-ortho nitro benzene ring substituents is 1. The SMILES string of the molecule is CCn1nc(-c2cccc([N+](=O)[O-])c2)cc1C=O. The number of aryl methyl sites for hydroxylation is 1. The van der Waals surface area contributed by atoms with Gasteiger partial charge in [0.15, 0.2) is 6.29 Å². The number of aromatic nitrogens is 2. The Kier molecular flexibility index (Phi) is 3.18. The van der Waals surface area contributed by atoms with Crippen LogP contribution in [0.25, 0.3) is 11.3 Å². The van der Waals surface area contributed by atoms with Gasteiger partial charge in [-0.1, -0.05) is 12.1 Å². The maximum Gasteiger partial charge on any atom is 0.270 e. The van der Waals surface area contributed by atoms with Gasteiger partial charge >= 0.3 is 0 Å². The van der Waals surface area contributed by atoms with E-state index >= 15 is 0 Å². The Morgan fingerprint density at radius 2 is 2.22 bits per heavy atom. The van der Waals surface area contributed by atoms with E-state index in [1.165, 1.54) is 12.1 Å². The summed E-state index contributed by atoms with van der Waals surface area (Å²) in [7, 11) is 0. The minimum Gasteiger partial charge on any atom is -0.296 e. The average molecular weight is 245 g/mol. The number of hydrogen-bond acceptors (Lipinski definition) is 4. The first kappa shape index (κ1) is 12.0. The molecule has 0 unspecified atom stereocenters. The third-order valence-corrected chi connectivity index (χ3v) is 2.58. The number of hydrogen-bond donors (Lipinski definition) is 0. The van der Waals surface area contributed by atoms with Crippen molar-refractivity contribution in [1.82, 2.24) is 9.78 Å². The molecule has 0 aliphatic rings. The van der Waals surface area contributed by atoms with Gasteiger partial charge in [0.1, 0.15) is 5.69 Å². The number of carbonyl (C=O) groups is 1. The van der Waals surface area contributed by atoms with E-state index in [2.05, 4.69) is 5.10 Å². The molecule has 0 fully saturated rings. The molecule has 2 aromatic rings. The van der Waals surface area contributed by atoms with E-state index in [0.717, 1.165) is 6.29 Å². The summed E-state index contributed by atoms with van der Waals surface area (Å²) >= 11 is 0. The van der Waals surface area contributed by atoms with Crippen LogP contribution in [0.4, 0.5) is 5.69 Å². The van der Waals surface area contributed by atoms with Gasteiger partial charge < -0.3 is 0 Å². The van der Waals surface area contributed by atoms with Crippen LogP contribution >= 0.6 is 0 Å². The molecule has 0 atom stereocenters. The van der Waals surface area contributed by atoms with Crippen molar-refractivity contribution in [1.29, 1.82) is 0 Å². The molecule has 0 amide bonds. The van der Waals surface area contributed by atoms with E-state index in [-0.39, 0.29) is 5.69 Å². The molecule has 6 heteroatoms. The molecular weight excluding hydrogens is 234 g/mol. The van der Waals surface area contributed by atoms with Crippen LogP contribution in [-0.2, 0) is 6.54 Å². The molecule has 0 saturated heterocycles. The minimum absolute atomic E-state index is 0.00574. The van der Waals surface area contributed by atoms with Crippen LogP contribution in [-0.4, -0.2) is 21.0 Å². The first-order valence-electron chi connectivity index (χ1n) is 5.43. The number of carbonyl (C=O) groups excluding carboxylic acids is 1. The Hall–Kier alpha value is -2.50. The number of benzene rings is 1. The molecule has 0 radical (unpaired) electrons. The largest absolute Gasteiger partial charge is 0.296 e. The molecule has 0 saturated carbocycles. The highest BCUT2D eigenvalue weighted by atomic mass is 16.6. The Morgan fingerprint density at radius 3 is 2.78 bits per heavy atom. The van der Waals surface area contributed by atoms with Gasteiger partial charge in [-0.15, -0.1) is 0 Å². The summed E-state index contributed by atoms with van der Waals surface area (Å²) in [6.45, 7) is 2.44. The quantitative estimate of drug-likeness (QED) is 0.470. The molecule has 0 aliphatic carbocycles. The third-order valence-electron chi connectivity index (χ3n) is 2.58. The predicted octanol–water partition coefficient (Wildman–Crippen LogP) is 2.29. The van der Waals surface area contributed by atoms with Crippen molar-refractivity contribution in [3.63, 3.8) is 0 Å². The summed E-state index contributed by atoms with van der Waals surface area (Å²) in [4.78, 5) is 21.1. The summed E-state index contributed by atoms with van der Waals surface area (Å²) < 4.78 is 1.56. The van der Waals surface area contributed by atoms with Gasteiger partial charge in [0.2, 0.25) is 0 Å². The summed E-state index contributed by atoms with van der Waals surface area (Å²) in [5.74, 6) is 0. The molecule has 2 rings (SSSR count). The molecule has 0 spiro atoms. The third kappa shape index (κ3) is 2.13. The molecule has 1 aromatic carbocycles. The Morgan fingerprint density at radius 1 is 1.44 bits per heavy atom. The van der Waals surface area contributed by atoms with Crippen molar-refractivity contribution in [2.45, 2.75) is 13.5 Å². The molecule has 1 aromatic heterocycles. The van der Waals surface area contributed by atoms with Crippen LogP contribution in [0.2, 0.25) is 0 Å². The topological polar surface area (TPSA) is 78.0 Å². The number of nitro groups is 1. The first-order chi connectivity index (χ1) is 8.65. The normalized spacial score (nSPS) is 10.3. The molecule has 0 N–H and O–H groups in total. The highest BCUT2D eigenvalue weighted by Gasteiger charge is 2.11. The zero-order valence-corrected chi connectivity index (χ0v) is 9.74. The fourth-order valence-corrected chi connectivity index (χ4v) is 1.70. The lowest BCUT2D eigenvalue weighted by Crippen LogP contribution is -2.00.